The third-order valence-corrected chi connectivity index (χ3v) is 6.31. The van der Waals surface area contributed by atoms with Gasteiger partial charge in [0.05, 0.1) is 12.6 Å². The van der Waals surface area contributed by atoms with Crippen molar-refractivity contribution in [3.63, 3.8) is 0 Å². The Morgan fingerprint density at radius 1 is 1.14 bits per heavy atom. The molecular formula is C24H19ClF3N3O6. The van der Waals surface area contributed by atoms with Gasteiger partial charge in [-0.2, -0.15) is 13.2 Å². The Kier molecular flexibility index (Phi) is 6.74. The number of aliphatic hydroxyl groups is 1. The van der Waals surface area contributed by atoms with Gasteiger partial charge >= 0.3 is 17.9 Å². The van der Waals surface area contributed by atoms with E-state index in [2.05, 4.69) is 14.9 Å². The van der Waals surface area contributed by atoms with Gasteiger partial charge < -0.3 is 19.0 Å². The third-order valence-electron chi connectivity index (χ3n) is 5.99. The highest BCUT2D eigenvalue weighted by atomic mass is 35.5. The van der Waals surface area contributed by atoms with Crippen LogP contribution in [0.5, 0.6) is 11.6 Å². The molecule has 0 spiro atoms. The van der Waals surface area contributed by atoms with E-state index in [1.54, 1.807) is 0 Å². The lowest BCUT2D eigenvalue weighted by Gasteiger charge is -2.37. The average molecular weight is 538 g/mol. The molecule has 37 heavy (non-hydrogen) atoms. The summed E-state index contributed by atoms with van der Waals surface area (Å²) in [5, 5.41) is 18.4. The summed E-state index contributed by atoms with van der Waals surface area (Å²) in [5.74, 6) is -2.89. The van der Waals surface area contributed by atoms with Crippen molar-refractivity contribution in [1.29, 1.82) is 0 Å². The van der Waals surface area contributed by atoms with E-state index in [9.17, 15) is 27.9 Å². The standard InChI is InChI=1S/C24H19ClF3N3O6/c1-12(23(34,24(26,27)28)13-4-8-19-18(10-13)31(2)22(33)37-19)15-6-5-14(11-16(15)25)36-20-9-7-17(29-30-20)21(32)35-3/h4-12,34H,1-3H3/t12-,23-/m1/s1. The van der Waals surface area contributed by atoms with E-state index in [1.165, 1.54) is 57.5 Å². The fourth-order valence-corrected chi connectivity index (χ4v) is 4.21. The number of oxazole rings is 1. The lowest BCUT2D eigenvalue weighted by molar-refractivity contribution is -0.274. The van der Waals surface area contributed by atoms with E-state index >= 15 is 0 Å². The Labute approximate surface area is 212 Å². The number of ether oxygens (including phenoxy) is 2. The van der Waals surface area contributed by atoms with Crippen LogP contribution in [0.15, 0.2) is 57.7 Å². The van der Waals surface area contributed by atoms with E-state index in [4.69, 9.17) is 20.8 Å². The summed E-state index contributed by atoms with van der Waals surface area (Å²) in [5.41, 5.74) is -3.74. The molecule has 1 N–H and O–H groups in total. The Bertz CT molecular complexity index is 1530. The number of carbonyl (C=O) groups is 1. The van der Waals surface area contributed by atoms with Gasteiger partial charge in [0, 0.05) is 24.1 Å². The minimum atomic E-state index is -5.11. The molecule has 4 rings (SSSR count). The number of hydrogen-bond acceptors (Lipinski definition) is 8. The van der Waals surface area contributed by atoms with Crippen molar-refractivity contribution in [2.24, 2.45) is 7.05 Å². The molecule has 0 fully saturated rings. The summed E-state index contributed by atoms with van der Waals surface area (Å²) in [6, 6.07) is 9.90. The maximum absolute atomic E-state index is 14.4. The van der Waals surface area contributed by atoms with Gasteiger partial charge in [-0.3, -0.25) is 4.57 Å². The first kappa shape index (κ1) is 26.2. The molecule has 2 aromatic heterocycles. The molecule has 2 aromatic carbocycles. The van der Waals surface area contributed by atoms with Crippen LogP contribution >= 0.6 is 11.6 Å². The zero-order chi connectivity index (χ0) is 27.1. The summed E-state index contributed by atoms with van der Waals surface area (Å²) >= 11 is 6.33. The van der Waals surface area contributed by atoms with Crippen LogP contribution in [0, 0.1) is 0 Å². The number of aromatic nitrogens is 3. The normalized spacial score (nSPS) is 14.3. The highest BCUT2D eigenvalue weighted by molar-refractivity contribution is 6.31. The fourth-order valence-electron chi connectivity index (χ4n) is 3.88. The first-order chi connectivity index (χ1) is 17.4. The first-order valence-electron chi connectivity index (χ1n) is 10.6. The van der Waals surface area contributed by atoms with E-state index in [0.717, 1.165) is 16.7 Å². The average Bonchev–Trinajstić information content (AvgIpc) is 3.15. The number of esters is 1. The number of rotatable bonds is 6. The maximum Gasteiger partial charge on any atom is 0.422 e. The second kappa shape index (κ2) is 9.52. The monoisotopic (exact) mass is 537 g/mol. The number of hydrogen-bond donors (Lipinski definition) is 1. The van der Waals surface area contributed by atoms with E-state index in [0.29, 0.717) is 0 Å². The Balaban J connectivity index is 1.68. The minimum Gasteiger partial charge on any atom is -0.464 e. The molecule has 13 heteroatoms. The molecule has 2 atom stereocenters. The Morgan fingerprint density at radius 3 is 2.46 bits per heavy atom. The topological polar surface area (TPSA) is 117 Å². The SMILES string of the molecule is COC(=O)c1ccc(Oc2ccc([C@@H](C)[C@@](O)(c3ccc4oc(=O)n(C)c4c3)C(F)(F)F)c(Cl)c2)nn1. The van der Waals surface area contributed by atoms with E-state index in [1.807, 2.05) is 0 Å². The van der Waals surface area contributed by atoms with Crippen LogP contribution < -0.4 is 10.5 Å². The molecule has 0 saturated carbocycles. The van der Waals surface area contributed by atoms with Crippen LogP contribution in [0.3, 0.4) is 0 Å². The molecule has 0 saturated heterocycles. The zero-order valence-corrected chi connectivity index (χ0v) is 20.3. The number of carbonyl (C=O) groups excluding carboxylic acids is 1. The smallest absolute Gasteiger partial charge is 0.422 e. The van der Waals surface area contributed by atoms with Gasteiger partial charge in [-0.1, -0.05) is 30.7 Å². The summed E-state index contributed by atoms with van der Waals surface area (Å²) < 4.78 is 59.2. The second-order valence-electron chi connectivity index (χ2n) is 8.13. The molecule has 0 aliphatic rings. The predicted octanol–water partition coefficient (Wildman–Crippen LogP) is 4.71. The summed E-state index contributed by atoms with van der Waals surface area (Å²) in [6.07, 6.45) is -5.11. The van der Waals surface area contributed by atoms with Crippen molar-refractivity contribution >= 4 is 28.7 Å². The van der Waals surface area contributed by atoms with Gasteiger partial charge in [0.1, 0.15) is 5.75 Å². The van der Waals surface area contributed by atoms with Crippen LogP contribution in [0.1, 0.15) is 34.5 Å². The molecule has 0 radical (unpaired) electrons. The van der Waals surface area contributed by atoms with Gasteiger partial charge in [-0.15, -0.1) is 10.2 Å². The predicted molar refractivity (Wildman–Crippen MR) is 125 cm³/mol. The Hall–Kier alpha value is -3.90. The lowest BCUT2D eigenvalue weighted by Crippen LogP contribution is -2.46. The molecule has 9 nitrogen and oxygen atoms in total. The minimum absolute atomic E-state index is 0.00431. The van der Waals surface area contributed by atoms with Crippen molar-refractivity contribution < 1.29 is 37.0 Å². The van der Waals surface area contributed by atoms with Gasteiger partial charge in [-0.05, 0) is 41.5 Å². The van der Waals surface area contributed by atoms with Crippen molar-refractivity contribution in [2.45, 2.75) is 24.6 Å². The van der Waals surface area contributed by atoms with Gasteiger partial charge in [0.2, 0.25) is 5.88 Å². The maximum atomic E-state index is 14.4. The molecular weight excluding hydrogens is 519 g/mol. The molecule has 0 aliphatic carbocycles. The first-order valence-corrected chi connectivity index (χ1v) is 11.0. The number of nitrogens with zero attached hydrogens (tertiary/aromatic N) is 3. The summed E-state index contributed by atoms with van der Waals surface area (Å²) in [6.45, 7) is 1.19. The highest BCUT2D eigenvalue weighted by Gasteiger charge is 2.59. The number of fused-ring (bicyclic) bond motifs is 1. The lowest BCUT2D eigenvalue weighted by atomic mass is 9.77. The summed E-state index contributed by atoms with van der Waals surface area (Å²) in [4.78, 5) is 23.2. The quantitative estimate of drug-likeness (QED) is 0.352. The number of aryl methyl sites for hydroxylation is 1. The number of benzene rings is 2. The molecule has 4 aromatic rings. The molecule has 0 amide bonds. The fraction of sp³-hybridized carbons (Fsp3) is 0.250. The van der Waals surface area contributed by atoms with Gasteiger partial charge in [0.25, 0.3) is 0 Å². The van der Waals surface area contributed by atoms with E-state index in [-0.39, 0.29) is 39.0 Å². The molecule has 194 valence electrons. The largest absolute Gasteiger partial charge is 0.464 e. The number of halogens is 4. The number of alkyl halides is 3. The zero-order valence-electron chi connectivity index (χ0n) is 19.5. The van der Waals surface area contributed by atoms with Crippen LogP contribution in [0.2, 0.25) is 5.02 Å². The van der Waals surface area contributed by atoms with Crippen molar-refractivity contribution in [3.8, 4) is 11.6 Å². The van der Waals surface area contributed by atoms with Crippen LogP contribution in [0.25, 0.3) is 11.1 Å². The van der Waals surface area contributed by atoms with Gasteiger partial charge in [-0.25, -0.2) is 9.59 Å². The Morgan fingerprint density at radius 2 is 1.86 bits per heavy atom. The van der Waals surface area contributed by atoms with Gasteiger partial charge in [0.15, 0.2) is 16.9 Å². The van der Waals surface area contributed by atoms with Crippen LogP contribution in [-0.4, -0.2) is 39.1 Å². The van der Waals surface area contributed by atoms with Crippen molar-refractivity contribution in [3.05, 3.63) is 80.9 Å². The van der Waals surface area contributed by atoms with Crippen LogP contribution in [-0.2, 0) is 17.4 Å². The van der Waals surface area contributed by atoms with Crippen molar-refractivity contribution in [2.75, 3.05) is 7.11 Å². The van der Waals surface area contributed by atoms with Crippen molar-refractivity contribution in [1.82, 2.24) is 14.8 Å². The van der Waals surface area contributed by atoms with E-state index < -0.39 is 35.0 Å². The molecule has 0 bridgehead atoms. The summed E-state index contributed by atoms with van der Waals surface area (Å²) in [7, 11) is 2.54. The van der Waals surface area contributed by atoms with Crippen LogP contribution in [0.4, 0.5) is 13.2 Å². The third kappa shape index (κ3) is 4.65. The molecule has 0 aliphatic heterocycles. The second-order valence-corrected chi connectivity index (χ2v) is 8.54. The molecule has 2 heterocycles. The highest BCUT2D eigenvalue weighted by Crippen LogP contribution is 2.50. The molecule has 0 unspecified atom stereocenters. The number of methoxy groups -OCH3 is 1.